The first kappa shape index (κ1) is 14.3. The van der Waals surface area contributed by atoms with Crippen LogP contribution in [0.25, 0.3) is 11.5 Å². The molecule has 2 aromatic heterocycles. The zero-order valence-electron chi connectivity index (χ0n) is 10.6. The standard InChI is InChI=1S/C8H7N3O.2C2H6/c1-6-10-8(12-11-6)7-3-2-4-9-5-7;2*1-2/h2-5H,1H3;2*1-2H3. The van der Waals surface area contributed by atoms with Gasteiger partial charge in [-0.3, -0.25) is 4.98 Å². The van der Waals surface area contributed by atoms with Crippen LogP contribution in [-0.2, 0) is 0 Å². The molecule has 0 aliphatic rings. The molecule has 2 heterocycles. The molecule has 0 N–H and O–H groups in total. The summed E-state index contributed by atoms with van der Waals surface area (Å²) in [6.07, 6.45) is 3.39. The first-order valence-corrected chi connectivity index (χ1v) is 5.57. The molecule has 2 aromatic rings. The van der Waals surface area contributed by atoms with Gasteiger partial charge in [0.25, 0.3) is 5.89 Å². The van der Waals surface area contributed by atoms with Crippen molar-refractivity contribution in [1.82, 2.24) is 15.1 Å². The highest BCUT2D eigenvalue weighted by Gasteiger charge is 2.04. The molecule has 0 spiro atoms. The number of pyridine rings is 1. The molecule has 0 fully saturated rings. The Balaban J connectivity index is 0.000000509. The molecular formula is C12H19N3O. The highest BCUT2D eigenvalue weighted by molar-refractivity contribution is 5.50. The molecule has 0 amide bonds. The quantitative estimate of drug-likeness (QED) is 0.739. The maximum absolute atomic E-state index is 4.95. The van der Waals surface area contributed by atoms with Gasteiger partial charge in [-0.1, -0.05) is 32.9 Å². The third-order valence-electron chi connectivity index (χ3n) is 1.44. The first-order valence-electron chi connectivity index (χ1n) is 5.57. The highest BCUT2D eigenvalue weighted by Crippen LogP contribution is 2.13. The second kappa shape index (κ2) is 8.59. The van der Waals surface area contributed by atoms with Gasteiger partial charge < -0.3 is 4.52 Å². The molecule has 4 nitrogen and oxygen atoms in total. The fourth-order valence-corrected chi connectivity index (χ4v) is 0.904. The number of hydrogen-bond donors (Lipinski definition) is 0. The Kier molecular flexibility index (Phi) is 7.67. The summed E-state index contributed by atoms with van der Waals surface area (Å²) in [5.74, 6) is 1.15. The Morgan fingerprint density at radius 3 is 2.25 bits per heavy atom. The minimum atomic E-state index is 0.514. The van der Waals surface area contributed by atoms with Crippen molar-refractivity contribution in [3.8, 4) is 11.5 Å². The first-order chi connectivity index (χ1) is 7.86. The van der Waals surface area contributed by atoms with Crippen LogP contribution in [0.4, 0.5) is 0 Å². The van der Waals surface area contributed by atoms with Crippen molar-refractivity contribution < 1.29 is 4.52 Å². The van der Waals surface area contributed by atoms with E-state index in [4.69, 9.17) is 4.52 Å². The van der Waals surface area contributed by atoms with E-state index in [2.05, 4.69) is 15.1 Å². The normalized spacial score (nSPS) is 8.31. The number of nitrogens with zero attached hydrogens (tertiary/aromatic N) is 3. The fraction of sp³-hybridized carbons (Fsp3) is 0.417. The van der Waals surface area contributed by atoms with Crippen molar-refractivity contribution in [1.29, 1.82) is 0 Å². The van der Waals surface area contributed by atoms with E-state index in [9.17, 15) is 0 Å². The molecule has 2 rings (SSSR count). The Labute approximate surface area is 96.7 Å². The van der Waals surface area contributed by atoms with E-state index in [1.807, 2.05) is 39.8 Å². The van der Waals surface area contributed by atoms with Gasteiger partial charge in [0.2, 0.25) is 0 Å². The summed E-state index contributed by atoms with van der Waals surface area (Å²) in [6.45, 7) is 9.78. The average molecular weight is 221 g/mol. The third-order valence-corrected chi connectivity index (χ3v) is 1.44. The van der Waals surface area contributed by atoms with E-state index >= 15 is 0 Å². The van der Waals surface area contributed by atoms with Crippen LogP contribution < -0.4 is 0 Å². The summed E-state index contributed by atoms with van der Waals surface area (Å²) in [5, 5.41) is 3.68. The molecule has 0 aliphatic carbocycles. The van der Waals surface area contributed by atoms with Crippen molar-refractivity contribution in [2.24, 2.45) is 0 Å². The van der Waals surface area contributed by atoms with Crippen molar-refractivity contribution in [3.05, 3.63) is 30.4 Å². The lowest BCUT2D eigenvalue weighted by Crippen LogP contribution is -1.78. The number of hydrogen-bond acceptors (Lipinski definition) is 4. The van der Waals surface area contributed by atoms with Gasteiger partial charge in [-0.15, -0.1) is 0 Å². The van der Waals surface area contributed by atoms with Gasteiger partial charge in [0.05, 0.1) is 5.56 Å². The van der Waals surface area contributed by atoms with Gasteiger partial charge in [0.1, 0.15) is 0 Å². The zero-order chi connectivity index (χ0) is 12.4. The van der Waals surface area contributed by atoms with Crippen molar-refractivity contribution in [2.45, 2.75) is 34.6 Å². The second-order valence-electron chi connectivity index (χ2n) is 2.39. The van der Waals surface area contributed by atoms with Gasteiger partial charge in [0.15, 0.2) is 5.82 Å². The fourth-order valence-electron chi connectivity index (χ4n) is 0.904. The van der Waals surface area contributed by atoms with E-state index in [0.717, 1.165) is 5.56 Å². The molecule has 0 radical (unpaired) electrons. The van der Waals surface area contributed by atoms with E-state index in [0.29, 0.717) is 11.7 Å². The predicted octanol–water partition coefficient (Wildman–Crippen LogP) is 3.49. The van der Waals surface area contributed by atoms with Gasteiger partial charge >= 0.3 is 0 Å². The smallest absolute Gasteiger partial charge is 0.259 e. The SMILES string of the molecule is CC.CC.Cc1noc(-c2cccnc2)n1. The maximum atomic E-state index is 4.95. The van der Waals surface area contributed by atoms with E-state index in [1.54, 1.807) is 19.3 Å². The number of aryl methyl sites for hydroxylation is 1. The molecule has 0 unspecified atom stereocenters. The van der Waals surface area contributed by atoms with E-state index in [-0.39, 0.29) is 0 Å². The van der Waals surface area contributed by atoms with Gasteiger partial charge in [0, 0.05) is 12.4 Å². The summed E-state index contributed by atoms with van der Waals surface area (Å²) in [5.41, 5.74) is 0.845. The van der Waals surface area contributed by atoms with Crippen LogP contribution >= 0.6 is 0 Å². The van der Waals surface area contributed by atoms with Crippen LogP contribution in [0.2, 0.25) is 0 Å². The summed E-state index contributed by atoms with van der Waals surface area (Å²) in [6, 6.07) is 3.70. The summed E-state index contributed by atoms with van der Waals surface area (Å²) in [7, 11) is 0. The van der Waals surface area contributed by atoms with Gasteiger partial charge in [-0.05, 0) is 19.1 Å². The van der Waals surface area contributed by atoms with Crippen molar-refractivity contribution >= 4 is 0 Å². The summed E-state index contributed by atoms with van der Waals surface area (Å²) < 4.78 is 4.95. The van der Waals surface area contributed by atoms with Crippen LogP contribution in [0.3, 0.4) is 0 Å². The molecule has 88 valence electrons. The Morgan fingerprint density at radius 1 is 1.12 bits per heavy atom. The molecule has 16 heavy (non-hydrogen) atoms. The summed E-state index contributed by atoms with van der Waals surface area (Å²) >= 11 is 0. The lowest BCUT2D eigenvalue weighted by molar-refractivity contribution is 0.425. The van der Waals surface area contributed by atoms with Crippen LogP contribution in [-0.4, -0.2) is 15.1 Å². The van der Waals surface area contributed by atoms with Crippen LogP contribution in [0.15, 0.2) is 29.0 Å². The lowest BCUT2D eigenvalue weighted by atomic mass is 10.3. The van der Waals surface area contributed by atoms with Gasteiger partial charge in [-0.25, -0.2) is 0 Å². The van der Waals surface area contributed by atoms with E-state index in [1.165, 1.54) is 0 Å². The minimum Gasteiger partial charge on any atom is -0.334 e. The van der Waals surface area contributed by atoms with Crippen molar-refractivity contribution in [2.75, 3.05) is 0 Å². The monoisotopic (exact) mass is 221 g/mol. The minimum absolute atomic E-state index is 0.514. The van der Waals surface area contributed by atoms with Crippen LogP contribution in [0.5, 0.6) is 0 Å². The molecule has 0 aliphatic heterocycles. The van der Waals surface area contributed by atoms with Gasteiger partial charge in [-0.2, -0.15) is 4.98 Å². The van der Waals surface area contributed by atoms with Crippen molar-refractivity contribution in [3.63, 3.8) is 0 Å². The lowest BCUT2D eigenvalue weighted by Gasteiger charge is -1.88. The topological polar surface area (TPSA) is 51.8 Å². The molecule has 0 aromatic carbocycles. The number of rotatable bonds is 1. The Morgan fingerprint density at radius 2 is 1.81 bits per heavy atom. The van der Waals surface area contributed by atoms with Crippen LogP contribution in [0, 0.1) is 6.92 Å². The largest absolute Gasteiger partial charge is 0.334 e. The third kappa shape index (κ3) is 4.21. The average Bonchev–Trinajstić information content (AvgIpc) is 2.82. The molecule has 0 saturated carbocycles. The Hall–Kier alpha value is -1.71. The Bertz CT molecular complexity index is 371. The highest BCUT2D eigenvalue weighted by atomic mass is 16.5. The van der Waals surface area contributed by atoms with Crippen LogP contribution in [0.1, 0.15) is 33.5 Å². The van der Waals surface area contributed by atoms with E-state index < -0.39 is 0 Å². The molecule has 4 heteroatoms. The second-order valence-corrected chi connectivity index (χ2v) is 2.39. The molecule has 0 atom stereocenters. The zero-order valence-corrected chi connectivity index (χ0v) is 10.6. The molecule has 0 saturated heterocycles. The maximum Gasteiger partial charge on any atom is 0.259 e. The molecular weight excluding hydrogens is 202 g/mol. The molecule has 0 bridgehead atoms. The number of aromatic nitrogens is 3. The predicted molar refractivity (Wildman–Crippen MR) is 65.0 cm³/mol. The summed E-state index contributed by atoms with van der Waals surface area (Å²) in [4.78, 5) is 8.01.